The highest BCUT2D eigenvalue weighted by molar-refractivity contribution is 6.00. The molecule has 0 aliphatic carbocycles. The third kappa shape index (κ3) is 3.40. The summed E-state index contributed by atoms with van der Waals surface area (Å²) in [6.07, 6.45) is 1.81. The molecule has 2 aromatic carbocycles. The Hall–Kier alpha value is -3.48. The van der Waals surface area contributed by atoms with Gasteiger partial charge >= 0.3 is 0 Å². The number of methoxy groups -OCH3 is 1. The first kappa shape index (κ1) is 20.8. The number of nitrogens with zero attached hydrogens (tertiary/aromatic N) is 2. The number of benzene rings is 2. The van der Waals surface area contributed by atoms with E-state index in [0.717, 1.165) is 35.1 Å². The molecule has 0 fully saturated rings. The van der Waals surface area contributed by atoms with Crippen molar-refractivity contribution in [2.45, 2.75) is 39.7 Å². The topological polar surface area (TPSA) is 98.7 Å². The molecule has 3 aromatic rings. The van der Waals surface area contributed by atoms with Gasteiger partial charge in [-0.05, 0) is 55.2 Å². The van der Waals surface area contributed by atoms with Crippen molar-refractivity contribution < 1.29 is 19.7 Å². The number of carbonyl (C=O) groups excluding carboxylic acids is 1. The summed E-state index contributed by atoms with van der Waals surface area (Å²) in [7, 11) is 1.50. The van der Waals surface area contributed by atoms with Crippen molar-refractivity contribution in [3.8, 4) is 28.5 Å². The van der Waals surface area contributed by atoms with Crippen LogP contribution in [-0.2, 0) is 0 Å². The van der Waals surface area contributed by atoms with Crippen molar-refractivity contribution in [3.63, 3.8) is 0 Å². The van der Waals surface area contributed by atoms with Crippen LogP contribution in [-0.4, -0.2) is 44.9 Å². The van der Waals surface area contributed by atoms with Crippen molar-refractivity contribution in [1.82, 2.24) is 15.1 Å². The monoisotopic (exact) mass is 421 g/mol. The standard InChI is InChI=1S/C24H27N3O4/c1-5-6-9-27-22(15-7-8-17(28)18(12-15)31-4)19-20(25-26-21(19)24(27)30)16-11-13(2)10-14(3)23(16)29/h7-8,10-12,22,28-29H,5-6,9H2,1-4H3,(H,25,26). The summed E-state index contributed by atoms with van der Waals surface area (Å²) in [4.78, 5) is 15.1. The van der Waals surface area contributed by atoms with E-state index in [9.17, 15) is 15.0 Å². The molecule has 1 aliphatic heterocycles. The molecule has 0 saturated carbocycles. The zero-order chi connectivity index (χ0) is 22.3. The fraction of sp³-hybridized carbons (Fsp3) is 0.333. The number of amides is 1. The van der Waals surface area contributed by atoms with E-state index in [1.165, 1.54) is 7.11 Å². The Labute approximate surface area is 181 Å². The third-order valence-electron chi connectivity index (χ3n) is 5.84. The van der Waals surface area contributed by atoms with Gasteiger partial charge in [0.15, 0.2) is 11.5 Å². The molecule has 1 aromatic heterocycles. The minimum absolute atomic E-state index is 0.0373. The minimum Gasteiger partial charge on any atom is -0.507 e. The highest BCUT2D eigenvalue weighted by Gasteiger charge is 2.42. The van der Waals surface area contributed by atoms with Gasteiger partial charge in [-0.2, -0.15) is 5.10 Å². The van der Waals surface area contributed by atoms with Gasteiger partial charge in [-0.15, -0.1) is 0 Å². The van der Waals surface area contributed by atoms with Gasteiger partial charge in [0.1, 0.15) is 17.1 Å². The number of hydrogen-bond acceptors (Lipinski definition) is 5. The fourth-order valence-corrected chi connectivity index (χ4v) is 4.31. The zero-order valence-corrected chi connectivity index (χ0v) is 18.2. The molecular formula is C24H27N3O4. The molecule has 162 valence electrons. The van der Waals surface area contributed by atoms with Crippen molar-refractivity contribution >= 4 is 5.91 Å². The zero-order valence-electron chi connectivity index (χ0n) is 18.2. The number of H-pyrrole nitrogens is 1. The number of aryl methyl sites for hydroxylation is 2. The average Bonchev–Trinajstić information content (AvgIpc) is 3.28. The van der Waals surface area contributed by atoms with Gasteiger partial charge in [-0.1, -0.05) is 25.5 Å². The molecule has 0 bridgehead atoms. The van der Waals surface area contributed by atoms with Crippen LogP contribution in [0.25, 0.3) is 11.3 Å². The van der Waals surface area contributed by atoms with E-state index in [1.807, 2.05) is 30.9 Å². The molecule has 0 spiro atoms. The van der Waals surface area contributed by atoms with Crippen LogP contribution in [0.4, 0.5) is 0 Å². The maximum atomic E-state index is 13.3. The van der Waals surface area contributed by atoms with Gasteiger partial charge in [0.2, 0.25) is 0 Å². The highest BCUT2D eigenvalue weighted by atomic mass is 16.5. The lowest BCUT2D eigenvalue weighted by atomic mass is 9.94. The second kappa shape index (κ2) is 7.98. The van der Waals surface area contributed by atoms with Crippen LogP contribution >= 0.6 is 0 Å². The van der Waals surface area contributed by atoms with Crippen LogP contribution in [0.2, 0.25) is 0 Å². The smallest absolute Gasteiger partial charge is 0.273 e. The lowest BCUT2D eigenvalue weighted by Crippen LogP contribution is -2.30. The van der Waals surface area contributed by atoms with Gasteiger partial charge in [-0.3, -0.25) is 9.89 Å². The summed E-state index contributed by atoms with van der Waals surface area (Å²) < 4.78 is 5.31. The number of ether oxygens (including phenoxy) is 1. The number of rotatable bonds is 6. The van der Waals surface area contributed by atoms with Crippen LogP contribution in [0, 0.1) is 13.8 Å². The molecule has 4 rings (SSSR count). The number of hydrogen-bond donors (Lipinski definition) is 3. The normalized spacial score (nSPS) is 15.4. The van der Waals surface area contributed by atoms with Gasteiger partial charge in [0, 0.05) is 17.7 Å². The number of carbonyl (C=O) groups is 1. The van der Waals surface area contributed by atoms with Crippen LogP contribution in [0.1, 0.15) is 58.5 Å². The van der Waals surface area contributed by atoms with E-state index in [-0.39, 0.29) is 17.4 Å². The van der Waals surface area contributed by atoms with E-state index >= 15 is 0 Å². The van der Waals surface area contributed by atoms with E-state index < -0.39 is 6.04 Å². The quantitative estimate of drug-likeness (QED) is 0.546. The van der Waals surface area contributed by atoms with Crippen LogP contribution in [0.15, 0.2) is 30.3 Å². The number of phenols is 2. The van der Waals surface area contributed by atoms with Crippen molar-refractivity contribution in [3.05, 3.63) is 58.3 Å². The second-order valence-corrected chi connectivity index (χ2v) is 8.02. The maximum Gasteiger partial charge on any atom is 0.273 e. The molecule has 7 nitrogen and oxygen atoms in total. The molecule has 31 heavy (non-hydrogen) atoms. The Balaban J connectivity index is 1.93. The lowest BCUT2D eigenvalue weighted by molar-refractivity contribution is 0.0741. The van der Waals surface area contributed by atoms with Gasteiger partial charge in [0.25, 0.3) is 5.91 Å². The first-order valence-electron chi connectivity index (χ1n) is 10.4. The summed E-state index contributed by atoms with van der Waals surface area (Å²) in [5.74, 6) is 0.410. The Bertz CT molecular complexity index is 1150. The van der Waals surface area contributed by atoms with Crippen molar-refractivity contribution in [1.29, 1.82) is 0 Å². The number of phenolic OH excluding ortho intramolecular Hbond substituents is 2. The van der Waals surface area contributed by atoms with Gasteiger partial charge in [0.05, 0.1) is 13.2 Å². The summed E-state index contributed by atoms with van der Waals surface area (Å²) in [5.41, 5.74) is 4.87. The Morgan fingerprint density at radius 2 is 1.97 bits per heavy atom. The number of aromatic amines is 1. The predicted molar refractivity (Wildman–Crippen MR) is 118 cm³/mol. The summed E-state index contributed by atoms with van der Waals surface area (Å²) >= 11 is 0. The van der Waals surface area contributed by atoms with E-state index in [0.29, 0.717) is 29.2 Å². The molecule has 3 N–H and O–H groups in total. The van der Waals surface area contributed by atoms with Crippen molar-refractivity contribution in [2.24, 2.45) is 0 Å². The highest BCUT2D eigenvalue weighted by Crippen LogP contribution is 2.46. The Kier molecular flexibility index (Phi) is 5.35. The van der Waals surface area contributed by atoms with Crippen LogP contribution in [0.3, 0.4) is 0 Å². The van der Waals surface area contributed by atoms with Gasteiger partial charge in [-0.25, -0.2) is 0 Å². The molecule has 1 amide bonds. The molecule has 1 unspecified atom stereocenters. The fourth-order valence-electron chi connectivity index (χ4n) is 4.31. The molecule has 7 heteroatoms. The molecular weight excluding hydrogens is 394 g/mol. The number of aromatic nitrogens is 2. The van der Waals surface area contributed by atoms with Crippen molar-refractivity contribution in [2.75, 3.05) is 13.7 Å². The SMILES string of the molecule is CCCCN1C(=O)c2[nH]nc(-c3cc(C)cc(C)c3O)c2C1c1ccc(O)c(OC)c1. The molecule has 1 atom stereocenters. The van der Waals surface area contributed by atoms with Crippen LogP contribution in [0.5, 0.6) is 17.2 Å². The Morgan fingerprint density at radius 1 is 1.19 bits per heavy atom. The third-order valence-corrected chi connectivity index (χ3v) is 5.84. The van der Waals surface area contributed by atoms with Gasteiger partial charge < -0.3 is 19.8 Å². The number of aromatic hydroxyl groups is 2. The lowest BCUT2D eigenvalue weighted by Gasteiger charge is -2.26. The number of unbranched alkanes of at least 4 members (excludes halogenated alkanes) is 1. The van der Waals surface area contributed by atoms with E-state index in [1.54, 1.807) is 18.2 Å². The minimum atomic E-state index is -0.405. The largest absolute Gasteiger partial charge is 0.507 e. The molecule has 1 aliphatic rings. The predicted octanol–water partition coefficient (Wildman–Crippen LogP) is 4.46. The molecule has 0 radical (unpaired) electrons. The number of fused-ring (bicyclic) bond motifs is 1. The first-order valence-corrected chi connectivity index (χ1v) is 10.4. The Morgan fingerprint density at radius 3 is 2.68 bits per heavy atom. The first-order chi connectivity index (χ1) is 14.9. The van der Waals surface area contributed by atoms with E-state index in [2.05, 4.69) is 17.1 Å². The molecule has 2 heterocycles. The second-order valence-electron chi connectivity index (χ2n) is 8.02. The summed E-state index contributed by atoms with van der Waals surface area (Å²) in [6.45, 7) is 6.48. The molecule has 0 saturated heterocycles. The van der Waals surface area contributed by atoms with E-state index in [4.69, 9.17) is 4.74 Å². The average molecular weight is 421 g/mol. The summed E-state index contributed by atoms with van der Waals surface area (Å²) in [5, 5.41) is 28.2. The summed E-state index contributed by atoms with van der Waals surface area (Å²) in [6, 6.07) is 8.50. The maximum absolute atomic E-state index is 13.3. The number of nitrogens with one attached hydrogen (secondary N) is 1. The van der Waals surface area contributed by atoms with Crippen LogP contribution < -0.4 is 4.74 Å².